The third-order valence-electron chi connectivity index (χ3n) is 5.86. The fraction of sp³-hybridized carbons (Fsp3) is 0.0385. The highest BCUT2D eigenvalue weighted by Gasteiger charge is 2.16. The molecule has 0 spiro atoms. The van der Waals surface area contributed by atoms with Crippen molar-refractivity contribution in [1.29, 1.82) is 0 Å². The van der Waals surface area contributed by atoms with E-state index in [4.69, 9.17) is 0 Å². The van der Waals surface area contributed by atoms with E-state index in [1.807, 2.05) is 36.5 Å². The first kappa shape index (κ1) is 18.4. The van der Waals surface area contributed by atoms with Gasteiger partial charge in [-0.3, -0.25) is 10.1 Å². The second kappa shape index (κ2) is 7.13. The monoisotopic (exact) mass is 419 g/mol. The molecular weight excluding hydrogens is 401 g/mol. The quantitative estimate of drug-likeness (QED) is 0.354. The van der Waals surface area contributed by atoms with Crippen LogP contribution in [0.5, 0.6) is 0 Å². The molecule has 0 aliphatic carbocycles. The van der Waals surface area contributed by atoms with E-state index in [0.29, 0.717) is 11.2 Å². The van der Waals surface area contributed by atoms with E-state index in [9.17, 15) is 4.39 Å². The summed E-state index contributed by atoms with van der Waals surface area (Å²) < 4.78 is 14.5. The highest BCUT2D eigenvalue weighted by molar-refractivity contribution is 6.00. The van der Waals surface area contributed by atoms with Crippen molar-refractivity contribution in [3.05, 3.63) is 90.6 Å². The number of nitrogens with one attached hydrogen (secondary N) is 2. The van der Waals surface area contributed by atoms with Crippen LogP contribution in [0.25, 0.3) is 55.6 Å². The van der Waals surface area contributed by atoms with Gasteiger partial charge in [-0.15, -0.1) is 0 Å². The Morgan fingerprint density at radius 3 is 2.62 bits per heavy atom. The van der Waals surface area contributed by atoms with Crippen LogP contribution in [0.15, 0.2) is 79.3 Å². The van der Waals surface area contributed by atoms with Gasteiger partial charge in [0.15, 0.2) is 0 Å². The molecule has 0 radical (unpaired) electrons. The zero-order valence-electron chi connectivity index (χ0n) is 17.2. The molecule has 0 saturated heterocycles. The summed E-state index contributed by atoms with van der Waals surface area (Å²) in [5, 5.41) is 9.52. The van der Waals surface area contributed by atoms with Gasteiger partial charge < -0.3 is 4.98 Å². The van der Waals surface area contributed by atoms with E-state index in [-0.39, 0.29) is 5.82 Å². The van der Waals surface area contributed by atoms with Crippen LogP contribution in [0, 0.1) is 12.7 Å². The van der Waals surface area contributed by atoms with Crippen molar-refractivity contribution < 1.29 is 4.39 Å². The number of benzene rings is 2. The van der Waals surface area contributed by atoms with E-state index >= 15 is 0 Å². The number of aromatic amines is 2. The van der Waals surface area contributed by atoms with Gasteiger partial charge in [-0.05, 0) is 60.0 Å². The number of hydrogen-bond acceptors (Lipinski definition) is 3. The predicted molar refractivity (Wildman–Crippen MR) is 125 cm³/mol. The molecule has 5 nitrogen and oxygen atoms in total. The lowest BCUT2D eigenvalue weighted by molar-refractivity contribution is 0.631. The molecule has 4 aromatic heterocycles. The van der Waals surface area contributed by atoms with E-state index in [1.165, 1.54) is 6.07 Å². The topological polar surface area (TPSA) is 70.2 Å². The Morgan fingerprint density at radius 1 is 0.844 bits per heavy atom. The molecule has 0 saturated carbocycles. The summed E-state index contributed by atoms with van der Waals surface area (Å²) in [5.41, 5.74) is 7.90. The summed E-state index contributed by atoms with van der Waals surface area (Å²) in [4.78, 5) is 12.1. The summed E-state index contributed by atoms with van der Waals surface area (Å²) in [6, 6.07) is 18.8. The maximum absolute atomic E-state index is 14.5. The minimum Gasteiger partial charge on any atom is -0.338 e. The average Bonchev–Trinajstić information content (AvgIpc) is 3.43. The van der Waals surface area contributed by atoms with Crippen molar-refractivity contribution >= 4 is 21.9 Å². The molecule has 0 unspecified atom stereocenters. The molecule has 32 heavy (non-hydrogen) atoms. The van der Waals surface area contributed by atoms with Crippen molar-refractivity contribution in [2.24, 2.45) is 0 Å². The first-order valence-electron chi connectivity index (χ1n) is 10.3. The predicted octanol–water partition coefficient (Wildman–Crippen LogP) is 6.28. The summed E-state index contributed by atoms with van der Waals surface area (Å²) in [6.07, 6.45) is 5.37. The fourth-order valence-corrected chi connectivity index (χ4v) is 4.22. The second-order valence-corrected chi connectivity index (χ2v) is 7.81. The molecule has 0 aliphatic heterocycles. The normalized spacial score (nSPS) is 11.4. The Morgan fingerprint density at radius 2 is 1.75 bits per heavy atom. The molecule has 2 aromatic carbocycles. The van der Waals surface area contributed by atoms with E-state index in [0.717, 1.165) is 49.9 Å². The highest BCUT2D eigenvalue weighted by Crippen LogP contribution is 2.35. The molecule has 2 N–H and O–H groups in total. The smallest absolute Gasteiger partial charge is 0.138 e. The SMILES string of the molecule is Cc1ccncc1-c1ccc2[nH]nc(-c3cc4c(-c5ccccc5F)ccnc4[nH]3)c2c1. The van der Waals surface area contributed by atoms with Gasteiger partial charge in [-0.1, -0.05) is 24.3 Å². The number of fused-ring (bicyclic) bond motifs is 2. The minimum absolute atomic E-state index is 0.260. The van der Waals surface area contributed by atoms with Crippen LogP contribution < -0.4 is 0 Å². The van der Waals surface area contributed by atoms with Gasteiger partial charge in [0.25, 0.3) is 0 Å². The average molecular weight is 419 g/mol. The van der Waals surface area contributed by atoms with Crippen molar-refractivity contribution in [2.45, 2.75) is 6.92 Å². The molecule has 6 heteroatoms. The number of pyridine rings is 2. The first-order valence-corrected chi connectivity index (χ1v) is 10.3. The number of nitrogens with zero attached hydrogens (tertiary/aromatic N) is 3. The Labute approximate surface area is 183 Å². The van der Waals surface area contributed by atoms with Crippen LogP contribution in [0.2, 0.25) is 0 Å². The summed E-state index contributed by atoms with van der Waals surface area (Å²) >= 11 is 0. The number of H-pyrrole nitrogens is 2. The van der Waals surface area contributed by atoms with Crippen molar-refractivity contribution in [1.82, 2.24) is 25.1 Å². The van der Waals surface area contributed by atoms with E-state index in [1.54, 1.807) is 24.5 Å². The van der Waals surface area contributed by atoms with Crippen molar-refractivity contribution in [3.63, 3.8) is 0 Å². The molecule has 0 aliphatic rings. The number of rotatable bonds is 3. The molecular formula is C26H18FN5. The van der Waals surface area contributed by atoms with E-state index in [2.05, 4.69) is 44.2 Å². The van der Waals surface area contributed by atoms with Crippen molar-refractivity contribution in [3.8, 4) is 33.6 Å². The molecule has 0 amide bonds. The molecule has 154 valence electrons. The largest absolute Gasteiger partial charge is 0.338 e. The zero-order valence-corrected chi connectivity index (χ0v) is 17.2. The lowest BCUT2D eigenvalue weighted by Gasteiger charge is -2.05. The maximum Gasteiger partial charge on any atom is 0.138 e. The van der Waals surface area contributed by atoms with Crippen LogP contribution >= 0.6 is 0 Å². The summed E-state index contributed by atoms with van der Waals surface area (Å²) in [6.45, 7) is 2.07. The molecule has 6 aromatic rings. The number of aromatic nitrogens is 5. The van der Waals surface area contributed by atoms with Crippen LogP contribution in [-0.2, 0) is 0 Å². The van der Waals surface area contributed by atoms with Crippen molar-refractivity contribution in [2.75, 3.05) is 0 Å². The summed E-state index contributed by atoms with van der Waals surface area (Å²) in [5.74, 6) is -0.260. The third-order valence-corrected chi connectivity index (χ3v) is 5.86. The van der Waals surface area contributed by atoms with Crippen LogP contribution in [-0.4, -0.2) is 25.1 Å². The minimum atomic E-state index is -0.260. The fourth-order valence-electron chi connectivity index (χ4n) is 4.22. The Bertz CT molecular complexity index is 1610. The van der Waals surface area contributed by atoms with Gasteiger partial charge in [0.2, 0.25) is 0 Å². The zero-order chi connectivity index (χ0) is 21.7. The van der Waals surface area contributed by atoms with E-state index < -0.39 is 0 Å². The Balaban J connectivity index is 1.53. The lowest BCUT2D eigenvalue weighted by atomic mass is 10.0. The highest BCUT2D eigenvalue weighted by atomic mass is 19.1. The van der Waals surface area contributed by atoms with Crippen LogP contribution in [0.4, 0.5) is 4.39 Å². The van der Waals surface area contributed by atoms with Gasteiger partial charge in [-0.2, -0.15) is 5.10 Å². The van der Waals surface area contributed by atoms with Gasteiger partial charge in [0, 0.05) is 40.5 Å². The second-order valence-electron chi connectivity index (χ2n) is 7.81. The lowest BCUT2D eigenvalue weighted by Crippen LogP contribution is -1.85. The van der Waals surface area contributed by atoms with Gasteiger partial charge in [0.05, 0.1) is 11.2 Å². The standard InChI is InChI=1S/C26H18FN5/c1-15-8-10-28-14-21(15)16-6-7-23-20(12-16)25(32-31-23)24-13-19-17(9-11-29-26(19)30-24)18-4-2-3-5-22(18)27/h2-14H,1H3,(H,29,30)(H,31,32). The number of aryl methyl sites for hydroxylation is 1. The number of hydrogen-bond donors (Lipinski definition) is 2. The molecule has 0 bridgehead atoms. The number of halogens is 1. The van der Waals surface area contributed by atoms with Crippen LogP contribution in [0.1, 0.15) is 5.56 Å². The third kappa shape index (κ3) is 2.88. The first-order chi connectivity index (χ1) is 15.7. The molecule has 0 atom stereocenters. The van der Waals surface area contributed by atoms with Gasteiger partial charge in [0.1, 0.15) is 17.2 Å². The summed E-state index contributed by atoms with van der Waals surface area (Å²) in [7, 11) is 0. The van der Waals surface area contributed by atoms with Gasteiger partial charge >= 0.3 is 0 Å². The molecule has 6 rings (SSSR count). The van der Waals surface area contributed by atoms with Crippen LogP contribution in [0.3, 0.4) is 0 Å². The Hall–Kier alpha value is -4.32. The maximum atomic E-state index is 14.5. The molecule has 4 heterocycles. The molecule has 0 fully saturated rings. The van der Waals surface area contributed by atoms with Gasteiger partial charge in [-0.25, -0.2) is 9.37 Å². The Kier molecular flexibility index (Phi) is 4.11.